The lowest BCUT2D eigenvalue weighted by molar-refractivity contribution is -0.152. The Morgan fingerprint density at radius 3 is 1.32 bits per heavy atom. The van der Waals surface area contributed by atoms with E-state index in [0.29, 0.717) is 26.1 Å². The number of esters is 2. The number of benzene rings is 1. The lowest BCUT2D eigenvalue weighted by Crippen LogP contribution is -2.26. The van der Waals surface area contributed by atoms with Gasteiger partial charge in [0.05, 0.1) is 38.3 Å². The van der Waals surface area contributed by atoms with Gasteiger partial charge in [0.2, 0.25) is 0 Å². The highest BCUT2D eigenvalue weighted by molar-refractivity contribution is 5.76. The minimum atomic E-state index is -0.502. The molecule has 0 amide bonds. The number of hydrogen-bond acceptors (Lipinski definition) is 6. The molecule has 0 N–H and O–H groups in total. The van der Waals surface area contributed by atoms with Crippen molar-refractivity contribution in [2.24, 2.45) is 10.8 Å². The predicted octanol–water partition coefficient (Wildman–Crippen LogP) is 4.40. The highest BCUT2D eigenvalue weighted by Crippen LogP contribution is 2.26. The SMILES string of the molecule is COC(=O)C(C)(C)CCCOc1ccc(OCCCC(C)(C)C(=O)OC)cc1. The minimum Gasteiger partial charge on any atom is -0.494 e. The van der Waals surface area contributed by atoms with Crippen LogP contribution < -0.4 is 9.47 Å². The summed E-state index contributed by atoms with van der Waals surface area (Å²) in [4.78, 5) is 23.3. The molecule has 158 valence electrons. The molecule has 6 nitrogen and oxygen atoms in total. The second kappa shape index (κ2) is 10.9. The van der Waals surface area contributed by atoms with E-state index in [4.69, 9.17) is 18.9 Å². The molecule has 0 saturated carbocycles. The Bertz CT molecular complexity index is 563. The number of carbonyl (C=O) groups excluding carboxylic acids is 2. The molecule has 1 aromatic rings. The Morgan fingerprint density at radius 2 is 1.04 bits per heavy atom. The summed E-state index contributed by atoms with van der Waals surface area (Å²) >= 11 is 0. The monoisotopic (exact) mass is 394 g/mol. The summed E-state index contributed by atoms with van der Waals surface area (Å²) in [5, 5.41) is 0. The summed E-state index contributed by atoms with van der Waals surface area (Å²) in [6.45, 7) is 8.55. The Hall–Kier alpha value is -2.24. The first-order valence-electron chi connectivity index (χ1n) is 9.65. The van der Waals surface area contributed by atoms with Gasteiger partial charge in [0.25, 0.3) is 0 Å². The Balaban J connectivity index is 2.30. The molecule has 28 heavy (non-hydrogen) atoms. The van der Waals surface area contributed by atoms with E-state index in [1.54, 1.807) is 0 Å². The molecule has 0 unspecified atom stereocenters. The first-order valence-corrected chi connectivity index (χ1v) is 9.65. The van der Waals surface area contributed by atoms with E-state index in [2.05, 4.69) is 0 Å². The van der Waals surface area contributed by atoms with Crippen molar-refractivity contribution < 1.29 is 28.5 Å². The average Bonchev–Trinajstić information content (AvgIpc) is 2.68. The Morgan fingerprint density at radius 1 is 0.714 bits per heavy atom. The maximum Gasteiger partial charge on any atom is 0.311 e. The van der Waals surface area contributed by atoms with Gasteiger partial charge in [-0.25, -0.2) is 0 Å². The normalized spacial score (nSPS) is 11.6. The molecule has 1 aromatic carbocycles. The van der Waals surface area contributed by atoms with Crippen LogP contribution in [-0.4, -0.2) is 39.4 Å². The van der Waals surface area contributed by atoms with E-state index in [1.165, 1.54) is 14.2 Å². The van der Waals surface area contributed by atoms with Crippen LogP contribution in [0.5, 0.6) is 11.5 Å². The van der Waals surface area contributed by atoms with Gasteiger partial charge in [-0.1, -0.05) is 0 Å². The van der Waals surface area contributed by atoms with Gasteiger partial charge in [0.15, 0.2) is 0 Å². The zero-order chi connectivity index (χ0) is 21.2. The third-order valence-corrected chi connectivity index (χ3v) is 4.73. The molecule has 0 aromatic heterocycles. The highest BCUT2D eigenvalue weighted by atomic mass is 16.5. The van der Waals surface area contributed by atoms with Gasteiger partial charge >= 0.3 is 11.9 Å². The summed E-state index contributed by atoms with van der Waals surface area (Å²) in [7, 11) is 2.81. The van der Waals surface area contributed by atoms with E-state index in [9.17, 15) is 9.59 Å². The van der Waals surface area contributed by atoms with E-state index in [-0.39, 0.29) is 11.9 Å². The smallest absolute Gasteiger partial charge is 0.311 e. The molecule has 0 atom stereocenters. The molecule has 0 bridgehead atoms. The molecule has 0 aliphatic rings. The maximum absolute atomic E-state index is 11.6. The van der Waals surface area contributed by atoms with Gasteiger partial charge in [0, 0.05) is 0 Å². The van der Waals surface area contributed by atoms with Crippen LogP contribution in [0.25, 0.3) is 0 Å². The van der Waals surface area contributed by atoms with Crippen molar-refractivity contribution in [2.75, 3.05) is 27.4 Å². The molecule has 1 rings (SSSR count). The largest absolute Gasteiger partial charge is 0.494 e. The molecule has 0 saturated heterocycles. The molecular formula is C22H34O6. The zero-order valence-corrected chi connectivity index (χ0v) is 18.0. The van der Waals surface area contributed by atoms with Crippen molar-refractivity contribution in [3.05, 3.63) is 24.3 Å². The van der Waals surface area contributed by atoms with Gasteiger partial charge in [-0.15, -0.1) is 0 Å². The molecule has 0 aliphatic heterocycles. The number of carbonyl (C=O) groups is 2. The average molecular weight is 395 g/mol. The fourth-order valence-corrected chi connectivity index (χ4v) is 2.80. The fraction of sp³-hybridized carbons (Fsp3) is 0.636. The van der Waals surface area contributed by atoms with Crippen LogP contribution in [0, 0.1) is 10.8 Å². The first-order chi connectivity index (χ1) is 13.1. The lowest BCUT2D eigenvalue weighted by Gasteiger charge is -2.21. The van der Waals surface area contributed by atoms with Crippen molar-refractivity contribution in [3.63, 3.8) is 0 Å². The predicted molar refractivity (Wildman–Crippen MR) is 107 cm³/mol. The number of methoxy groups -OCH3 is 2. The van der Waals surface area contributed by atoms with E-state index in [1.807, 2.05) is 52.0 Å². The van der Waals surface area contributed by atoms with Gasteiger partial charge in [-0.3, -0.25) is 9.59 Å². The van der Waals surface area contributed by atoms with Crippen LogP contribution in [-0.2, 0) is 19.1 Å². The number of ether oxygens (including phenoxy) is 4. The van der Waals surface area contributed by atoms with Crippen molar-refractivity contribution >= 4 is 11.9 Å². The second-order valence-electron chi connectivity index (χ2n) is 8.13. The van der Waals surface area contributed by atoms with E-state index >= 15 is 0 Å². The van der Waals surface area contributed by atoms with E-state index in [0.717, 1.165) is 24.3 Å². The summed E-state index contributed by atoms with van der Waals surface area (Å²) in [6, 6.07) is 7.44. The van der Waals surface area contributed by atoms with Crippen molar-refractivity contribution in [1.29, 1.82) is 0 Å². The Kier molecular flexibility index (Phi) is 9.29. The molecule has 0 fully saturated rings. The second-order valence-corrected chi connectivity index (χ2v) is 8.13. The Labute approximate surface area is 168 Å². The third-order valence-electron chi connectivity index (χ3n) is 4.73. The highest BCUT2D eigenvalue weighted by Gasteiger charge is 2.28. The van der Waals surface area contributed by atoms with Crippen LogP contribution in [0.2, 0.25) is 0 Å². The standard InChI is InChI=1S/C22H34O6/c1-21(2,19(23)25-5)13-7-15-27-17-9-11-18(12-10-17)28-16-8-14-22(3,4)20(24)26-6/h9-12H,7-8,13-16H2,1-6H3. The van der Waals surface area contributed by atoms with Crippen LogP contribution in [0.1, 0.15) is 53.4 Å². The zero-order valence-electron chi connectivity index (χ0n) is 18.0. The number of hydrogen-bond donors (Lipinski definition) is 0. The van der Waals surface area contributed by atoms with Crippen LogP contribution in [0.15, 0.2) is 24.3 Å². The lowest BCUT2D eigenvalue weighted by atomic mass is 9.88. The fourth-order valence-electron chi connectivity index (χ4n) is 2.80. The summed E-state index contributed by atoms with van der Waals surface area (Å²) < 4.78 is 21.0. The molecular weight excluding hydrogens is 360 g/mol. The van der Waals surface area contributed by atoms with Gasteiger partial charge in [-0.2, -0.15) is 0 Å². The van der Waals surface area contributed by atoms with Crippen LogP contribution in [0.3, 0.4) is 0 Å². The summed E-state index contributed by atoms with van der Waals surface area (Å²) in [5.41, 5.74) is -1.00. The summed E-state index contributed by atoms with van der Waals surface area (Å²) in [5.74, 6) is 1.11. The van der Waals surface area contributed by atoms with Crippen LogP contribution >= 0.6 is 0 Å². The maximum atomic E-state index is 11.6. The molecule has 0 radical (unpaired) electrons. The van der Waals surface area contributed by atoms with Gasteiger partial charge in [-0.05, 0) is 77.6 Å². The van der Waals surface area contributed by atoms with Crippen LogP contribution in [0.4, 0.5) is 0 Å². The van der Waals surface area contributed by atoms with E-state index < -0.39 is 10.8 Å². The van der Waals surface area contributed by atoms with Crippen molar-refractivity contribution in [2.45, 2.75) is 53.4 Å². The molecule has 0 heterocycles. The van der Waals surface area contributed by atoms with Crippen molar-refractivity contribution in [1.82, 2.24) is 0 Å². The first kappa shape index (κ1) is 23.8. The third kappa shape index (κ3) is 7.79. The quantitative estimate of drug-likeness (QED) is 0.386. The molecule has 0 spiro atoms. The van der Waals surface area contributed by atoms with Gasteiger partial charge < -0.3 is 18.9 Å². The molecule has 0 aliphatic carbocycles. The number of rotatable bonds is 12. The minimum absolute atomic E-state index is 0.205. The van der Waals surface area contributed by atoms with Gasteiger partial charge in [0.1, 0.15) is 11.5 Å². The topological polar surface area (TPSA) is 71.1 Å². The summed E-state index contributed by atoms with van der Waals surface area (Å²) in [6.07, 6.45) is 2.91. The molecule has 6 heteroatoms. The van der Waals surface area contributed by atoms with Crippen molar-refractivity contribution in [3.8, 4) is 11.5 Å².